The van der Waals surface area contributed by atoms with Crippen molar-refractivity contribution in [2.24, 2.45) is 0 Å². The number of rotatable bonds is 10. The van der Waals surface area contributed by atoms with Gasteiger partial charge in [0.1, 0.15) is 4.75 Å². The molecule has 0 aliphatic heterocycles. The van der Waals surface area contributed by atoms with Gasteiger partial charge < -0.3 is 9.84 Å². The van der Waals surface area contributed by atoms with Crippen LogP contribution in [0.15, 0.2) is 58.2 Å². The van der Waals surface area contributed by atoms with E-state index >= 15 is 0 Å². The van der Waals surface area contributed by atoms with Crippen LogP contribution in [-0.2, 0) is 22.6 Å². The number of hydrogen-bond donors (Lipinski definition) is 1. The van der Waals surface area contributed by atoms with Crippen molar-refractivity contribution in [3.63, 3.8) is 0 Å². The fourth-order valence-corrected chi connectivity index (χ4v) is 4.44. The number of thioether (sulfide) groups is 1. The Balaban J connectivity index is 1.90. The van der Waals surface area contributed by atoms with Crippen LogP contribution in [0, 0.1) is 6.92 Å². The van der Waals surface area contributed by atoms with Gasteiger partial charge in [0.2, 0.25) is 0 Å². The van der Waals surface area contributed by atoms with Gasteiger partial charge in [-0.1, -0.05) is 36.8 Å². The Morgan fingerprint density at radius 1 is 1.08 bits per heavy atom. The van der Waals surface area contributed by atoms with E-state index in [1.165, 1.54) is 38.1 Å². The van der Waals surface area contributed by atoms with Crippen molar-refractivity contribution < 1.29 is 32.6 Å². The lowest BCUT2D eigenvalue weighted by molar-refractivity contribution is -0.210. The highest BCUT2D eigenvalue weighted by atomic mass is 32.2. The molecular formula is C26H28F3N3O5S. The summed E-state index contributed by atoms with van der Waals surface area (Å²) in [6, 6.07) is 12.5. The average molecular weight is 552 g/mol. The number of carbonyl (C=O) groups is 2. The molecule has 8 nitrogen and oxygen atoms in total. The van der Waals surface area contributed by atoms with Gasteiger partial charge in [0, 0.05) is 11.4 Å². The lowest BCUT2D eigenvalue weighted by atomic mass is 10.1. The van der Waals surface area contributed by atoms with E-state index in [4.69, 9.17) is 4.74 Å². The van der Waals surface area contributed by atoms with E-state index in [0.29, 0.717) is 16.9 Å². The van der Waals surface area contributed by atoms with Gasteiger partial charge in [0.05, 0.1) is 12.1 Å². The smallest absolute Gasteiger partial charge is 0.433 e. The number of benzene rings is 2. The Labute approximate surface area is 221 Å². The van der Waals surface area contributed by atoms with Crippen LogP contribution in [0.2, 0.25) is 0 Å². The number of aromatic nitrogens is 3. The van der Waals surface area contributed by atoms with Crippen LogP contribution in [-0.4, -0.2) is 42.3 Å². The Hall–Kier alpha value is -3.54. The van der Waals surface area contributed by atoms with E-state index in [0.717, 1.165) is 26.6 Å². The molecule has 3 aromatic rings. The molecule has 0 aliphatic rings. The summed E-state index contributed by atoms with van der Waals surface area (Å²) in [5, 5.41) is 13.2. The van der Waals surface area contributed by atoms with Crippen molar-refractivity contribution in [2.75, 3.05) is 0 Å². The zero-order valence-corrected chi connectivity index (χ0v) is 22.1. The summed E-state index contributed by atoms with van der Waals surface area (Å²) in [5.74, 6) is -3.01. The number of ether oxygens (including phenoxy) is 1. The first-order valence-corrected chi connectivity index (χ1v) is 12.6. The number of aryl methyl sites for hydroxylation is 1. The molecule has 1 aromatic heterocycles. The van der Waals surface area contributed by atoms with Gasteiger partial charge in [0.15, 0.2) is 5.82 Å². The normalized spacial score (nSPS) is 12.8. The number of nitrogens with zero attached hydrogens (tertiary/aromatic N) is 3. The van der Waals surface area contributed by atoms with Crippen molar-refractivity contribution >= 4 is 23.7 Å². The molecule has 1 atom stereocenters. The largest absolute Gasteiger partial charge is 0.480 e. The first kappa shape index (κ1) is 29.0. The summed E-state index contributed by atoms with van der Waals surface area (Å²) >= 11 is 1.02. The number of carboxylic acid groups (broad SMARTS) is 1. The molecule has 0 spiro atoms. The van der Waals surface area contributed by atoms with Gasteiger partial charge in [0.25, 0.3) is 6.10 Å². The van der Waals surface area contributed by atoms with Crippen molar-refractivity contribution in [1.82, 2.24) is 14.3 Å². The number of esters is 1. The number of aliphatic carboxylic acids is 1. The second-order valence-corrected chi connectivity index (χ2v) is 10.9. The third-order valence-electron chi connectivity index (χ3n) is 5.59. The van der Waals surface area contributed by atoms with Crippen LogP contribution in [0.5, 0.6) is 0 Å². The van der Waals surface area contributed by atoms with Gasteiger partial charge in [-0.3, -0.25) is 9.36 Å². The van der Waals surface area contributed by atoms with Crippen LogP contribution in [0.3, 0.4) is 0 Å². The molecule has 0 unspecified atom stereocenters. The number of alkyl halides is 3. The van der Waals surface area contributed by atoms with Crippen molar-refractivity contribution in [2.45, 2.75) is 69.1 Å². The van der Waals surface area contributed by atoms with Crippen LogP contribution in [0.25, 0.3) is 0 Å². The molecule has 12 heteroatoms. The summed E-state index contributed by atoms with van der Waals surface area (Å²) in [7, 11) is 0. The SMILES string of the molecule is CCCn1c([C@@H](OC(=O)c2ccc(SC(C)(C)C(=O)O)cc2)C(F)(F)F)nn(Cc2ccc(C)cc2)c1=O. The minimum Gasteiger partial charge on any atom is -0.480 e. The van der Waals surface area contributed by atoms with E-state index < -0.39 is 40.5 Å². The molecular weight excluding hydrogens is 523 g/mol. The van der Waals surface area contributed by atoms with E-state index in [1.807, 2.05) is 19.1 Å². The molecule has 0 radical (unpaired) electrons. The molecule has 0 aliphatic carbocycles. The Morgan fingerprint density at radius 3 is 2.21 bits per heavy atom. The summed E-state index contributed by atoms with van der Waals surface area (Å²) < 4.78 is 48.0. The molecule has 0 bridgehead atoms. The molecule has 38 heavy (non-hydrogen) atoms. The molecule has 0 fully saturated rings. The van der Waals surface area contributed by atoms with Crippen LogP contribution < -0.4 is 5.69 Å². The quantitative estimate of drug-likeness (QED) is 0.272. The lowest BCUT2D eigenvalue weighted by Gasteiger charge is -2.21. The van der Waals surface area contributed by atoms with Crippen LogP contribution in [0.1, 0.15) is 60.6 Å². The number of carbonyl (C=O) groups excluding carboxylic acids is 1. The summed E-state index contributed by atoms with van der Waals surface area (Å²) in [6.45, 7) is 6.50. The standard InChI is InChI=1S/C26H28F3N3O5S/c1-5-14-31-21(30-32(24(31)36)15-17-8-6-16(2)7-9-17)20(26(27,28)29)37-22(33)18-10-12-19(13-11-18)38-25(3,4)23(34)35/h6-13,20H,5,14-15H2,1-4H3,(H,34,35)/t20-/m1/s1. The molecule has 1 heterocycles. The fourth-order valence-electron chi connectivity index (χ4n) is 3.49. The number of halogens is 3. The molecule has 1 N–H and O–H groups in total. The number of hydrogen-bond acceptors (Lipinski definition) is 6. The van der Waals surface area contributed by atoms with Gasteiger partial charge in [-0.2, -0.15) is 18.3 Å². The molecule has 0 amide bonds. The molecule has 0 saturated carbocycles. The summed E-state index contributed by atoms with van der Waals surface area (Å²) in [6.07, 6.45) is -7.46. The third-order valence-corrected chi connectivity index (χ3v) is 6.78. The maximum atomic E-state index is 14.1. The first-order valence-electron chi connectivity index (χ1n) is 11.8. The highest BCUT2D eigenvalue weighted by molar-refractivity contribution is 8.01. The van der Waals surface area contributed by atoms with E-state index in [2.05, 4.69) is 5.10 Å². The second-order valence-electron chi connectivity index (χ2n) is 9.20. The van der Waals surface area contributed by atoms with Crippen molar-refractivity contribution in [3.8, 4) is 0 Å². The van der Waals surface area contributed by atoms with E-state index in [-0.39, 0.29) is 18.7 Å². The summed E-state index contributed by atoms with van der Waals surface area (Å²) in [4.78, 5) is 37.5. The molecule has 204 valence electrons. The minimum absolute atomic E-state index is 0.0442. The average Bonchev–Trinajstić information content (AvgIpc) is 3.13. The highest BCUT2D eigenvalue weighted by Gasteiger charge is 2.48. The minimum atomic E-state index is -5.04. The van der Waals surface area contributed by atoms with Gasteiger partial charge in [-0.25, -0.2) is 14.3 Å². The van der Waals surface area contributed by atoms with Gasteiger partial charge in [-0.15, -0.1) is 11.8 Å². The van der Waals surface area contributed by atoms with Gasteiger partial charge >= 0.3 is 23.8 Å². The Morgan fingerprint density at radius 2 is 1.68 bits per heavy atom. The maximum absolute atomic E-state index is 14.1. The highest BCUT2D eigenvalue weighted by Crippen LogP contribution is 2.36. The molecule has 0 saturated heterocycles. The topological polar surface area (TPSA) is 103 Å². The molecule has 3 rings (SSSR count). The summed E-state index contributed by atoms with van der Waals surface area (Å²) in [5.41, 5.74) is 0.755. The van der Waals surface area contributed by atoms with Crippen LogP contribution >= 0.6 is 11.8 Å². The maximum Gasteiger partial charge on any atom is 0.433 e. The Kier molecular flexibility index (Phi) is 8.75. The predicted octanol–water partition coefficient (Wildman–Crippen LogP) is 5.23. The van der Waals surface area contributed by atoms with Gasteiger partial charge in [-0.05, 0) is 57.0 Å². The fraction of sp³-hybridized carbons (Fsp3) is 0.385. The Bertz CT molecular complexity index is 1350. The zero-order valence-electron chi connectivity index (χ0n) is 21.3. The monoisotopic (exact) mass is 551 g/mol. The zero-order chi connectivity index (χ0) is 28.3. The number of carboxylic acids is 1. The van der Waals surface area contributed by atoms with Crippen molar-refractivity contribution in [3.05, 3.63) is 81.5 Å². The molecule has 2 aromatic carbocycles. The van der Waals surface area contributed by atoms with E-state index in [9.17, 15) is 32.7 Å². The first-order chi connectivity index (χ1) is 17.7. The van der Waals surface area contributed by atoms with Crippen molar-refractivity contribution in [1.29, 1.82) is 0 Å². The van der Waals surface area contributed by atoms with E-state index in [1.54, 1.807) is 19.1 Å². The predicted molar refractivity (Wildman–Crippen MR) is 135 cm³/mol. The second kappa shape index (κ2) is 11.5. The van der Waals surface area contributed by atoms with Crippen LogP contribution in [0.4, 0.5) is 13.2 Å². The third kappa shape index (κ3) is 6.85. The lowest BCUT2D eigenvalue weighted by Crippen LogP contribution is -2.31.